The zero-order valence-electron chi connectivity index (χ0n) is 14.3. The van der Waals surface area contributed by atoms with Gasteiger partial charge in [0, 0.05) is 19.5 Å². The van der Waals surface area contributed by atoms with Crippen molar-refractivity contribution in [2.24, 2.45) is 10.8 Å². The first-order chi connectivity index (χ1) is 12.3. The van der Waals surface area contributed by atoms with E-state index >= 15 is 0 Å². The second kappa shape index (κ2) is 7.11. The quantitative estimate of drug-likeness (QED) is 0.742. The van der Waals surface area contributed by atoms with Gasteiger partial charge in [-0.05, 0) is 37.1 Å². The average molecular weight is 361 g/mol. The maximum atomic E-state index is 13.1. The molecule has 0 saturated heterocycles. The highest BCUT2D eigenvalue weighted by Crippen LogP contribution is 2.25. The molecule has 1 aromatic rings. The van der Waals surface area contributed by atoms with Crippen molar-refractivity contribution in [3.63, 3.8) is 0 Å². The van der Waals surface area contributed by atoms with Crippen molar-refractivity contribution in [3.05, 3.63) is 30.1 Å². The molecule has 138 valence electrons. The minimum Gasteiger partial charge on any atom is -0.368 e. The van der Waals surface area contributed by atoms with Gasteiger partial charge in [-0.25, -0.2) is 4.39 Å². The Balaban J connectivity index is 1.72. The van der Waals surface area contributed by atoms with Crippen molar-refractivity contribution in [2.45, 2.75) is 31.3 Å². The number of nitrogens with one attached hydrogen (secondary N) is 1. The first-order valence-electron chi connectivity index (χ1n) is 8.31. The molecular weight excluding hydrogens is 341 g/mol. The van der Waals surface area contributed by atoms with Crippen LogP contribution in [0, 0.1) is 5.82 Å². The van der Waals surface area contributed by atoms with Crippen LogP contribution in [0.2, 0.25) is 0 Å². The van der Waals surface area contributed by atoms with Crippen molar-refractivity contribution < 1.29 is 18.8 Å². The topological polar surface area (TPSA) is 108 Å². The number of rotatable bonds is 6. The highest BCUT2D eigenvalue weighted by Gasteiger charge is 2.36. The molecule has 2 aliphatic rings. The van der Waals surface area contributed by atoms with E-state index in [1.165, 1.54) is 41.2 Å². The number of amides is 3. The lowest BCUT2D eigenvalue weighted by molar-refractivity contribution is -0.130. The maximum Gasteiger partial charge on any atom is 0.270 e. The summed E-state index contributed by atoms with van der Waals surface area (Å²) in [6.45, 7) is -0.0911. The van der Waals surface area contributed by atoms with Crippen LogP contribution in [0.25, 0.3) is 0 Å². The molecule has 8 nitrogen and oxygen atoms in total. The van der Waals surface area contributed by atoms with Crippen molar-refractivity contribution in [1.29, 1.82) is 0 Å². The van der Waals surface area contributed by atoms with Crippen LogP contribution in [0.5, 0.6) is 0 Å². The molecule has 0 aromatic heterocycles. The van der Waals surface area contributed by atoms with Crippen molar-refractivity contribution in [2.75, 3.05) is 18.6 Å². The number of hydrogen-bond acceptors (Lipinski definition) is 5. The van der Waals surface area contributed by atoms with E-state index in [0.29, 0.717) is 5.69 Å². The van der Waals surface area contributed by atoms with Gasteiger partial charge in [0.1, 0.15) is 17.6 Å². The number of carbonyl (C=O) groups is 3. The number of anilines is 1. The van der Waals surface area contributed by atoms with Crippen LogP contribution in [0.1, 0.15) is 19.3 Å². The second-order valence-electron chi connectivity index (χ2n) is 6.49. The number of hydrazone groups is 1. The molecule has 9 heteroatoms. The van der Waals surface area contributed by atoms with Gasteiger partial charge < -0.3 is 16.0 Å². The van der Waals surface area contributed by atoms with Gasteiger partial charge in [0.2, 0.25) is 11.8 Å². The molecule has 3 rings (SSSR count). The summed E-state index contributed by atoms with van der Waals surface area (Å²) in [5, 5.41) is 8.31. The Morgan fingerprint density at radius 1 is 1.31 bits per heavy atom. The number of hydrogen-bond donors (Lipinski definition) is 2. The van der Waals surface area contributed by atoms with E-state index in [1.54, 1.807) is 0 Å². The lowest BCUT2D eigenvalue weighted by atomic mass is 10.1. The van der Waals surface area contributed by atoms with Gasteiger partial charge in [-0.1, -0.05) is 0 Å². The molecule has 1 atom stereocenters. The number of primary amides is 1. The van der Waals surface area contributed by atoms with E-state index in [9.17, 15) is 18.8 Å². The molecule has 1 heterocycles. The summed E-state index contributed by atoms with van der Waals surface area (Å²) < 4.78 is 13.1. The summed E-state index contributed by atoms with van der Waals surface area (Å²) in [7, 11) is 1.50. The van der Waals surface area contributed by atoms with Crippen molar-refractivity contribution in [1.82, 2.24) is 10.2 Å². The van der Waals surface area contributed by atoms with Crippen LogP contribution in [-0.4, -0.2) is 54.0 Å². The van der Waals surface area contributed by atoms with Crippen LogP contribution in [-0.2, 0) is 14.4 Å². The molecule has 0 unspecified atom stereocenters. The lowest BCUT2D eigenvalue weighted by Crippen LogP contribution is -2.42. The molecule has 0 spiro atoms. The predicted molar refractivity (Wildman–Crippen MR) is 92.7 cm³/mol. The Labute approximate surface area is 149 Å². The number of likely N-dealkylation sites (N-methyl/N-ethyl adjacent to an activating group) is 1. The third-order valence-electron chi connectivity index (χ3n) is 4.25. The maximum absolute atomic E-state index is 13.1. The minimum absolute atomic E-state index is 0.0279. The number of nitrogens with two attached hydrogens (primary N) is 1. The molecule has 3 amide bonds. The predicted octanol–water partition coefficient (Wildman–Crippen LogP) is -0.0173. The zero-order valence-corrected chi connectivity index (χ0v) is 14.3. The third-order valence-corrected chi connectivity index (χ3v) is 4.25. The summed E-state index contributed by atoms with van der Waals surface area (Å²) >= 11 is 0. The van der Waals surface area contributed by atoms with Gasteiger partial charge in [0.05, 0.1) is 12.2 Å². The van der Waals surface area contributed by atoms with E-state index in [4.69, 9.17) is 5.73 Å². The van der Waals surface area contributed by atoms with E-state index in [0.717, 1.165) is 12.8 Å². The van der Waals surface area contributed by atoms with Crippen molar-refractivity contribution in [3.8, 4) is 0 Å². The Morgan fingerprint density at radius 2 is 1.96 bits per heavy atom. The fourth-order valence-electron chi connectivity index (χ4n) is 2.70. The van der Waals surface area contributed by atoms with E-state index in [-0.39, 0.29) is 30.6 Å². The van der Waals surface area contributed by atoms with Gasteiger partial charge in [-0.3, -0.25) is 19.4 Å². The summed E-state index contributed by atoms with van der Waals surface area (Å²) in [6, 6.07) is 4.74. The van der Waals surface area contributed by atoms with Crippen LogP contribution in [0.4, 0.5) is 10.1 Å². The van der Waals surface area contributed by atoms with Gasteiger partial charge >= 0.3 is 0 Å². The highest BCUT2D eigenvalue weighted by molar-refractivity contribution is 6.40. The first kappa shape index (κ1) is 17.8. The Bertz CT molecular complexity index is 760. The fraction of sp³-hybridized carbons (Fsp3) is 0.412. The Morgan fingerprint density at radius 3 is 2.54 bits per heavy atom. The monoisotopic (exact) mass is 361 g/mol. The molecule has 0 radical (unpaired) electrons. The number of carbonyl (C=O) groups excluding carboxylic acids is 3. The minimum atomic E-state index is -0.840. The van der Waals surface area contributed by atoms with Gasteiger partial charge in [0.25, 0.3) is 5.91 Å². The lowest BCUT2D eigenvalue weighted by Gasteiger charge is -2.20. The van der Waals surface area contributed by atoms with Crippen LogP contribution >= 0.6 is 0 Å². The van der Waals surface area contributed by atoms with E-state index < -0.39 is 23.7 Å². The molecule has 1 saturated carbocycles. The van der Waals surface area contributed by atoms with Crippen LogP contribution < -0.4 is 16.1 Å². The molecule has 26 heavy (non-hydrogen) atoms. The molecule has 1 aliphatic heterocycles. The molecule has 1 aromatic carbocycles. The van der Waals surface area contributed by atoms with Gasteiger partial charge in [-0.15, -0.1) is 0 Å². The smallest absolute Gasteiger partial charge is 0.270 e. The number of halogens is 1. The third kappa shape index (κ3) is 3.98. The molecule has 1 fully saturated rings. The summed E-state index contributed by atoms with van der Waals surface area (Å²) in [6.07, 6.45) is 1.95. The van der Waals surface area contributed by atoms with E-state index in [1.807, 2.05) is 0 Å². The standard InChI is InChI=1S/C17H20FN5O3/c1-22(9-15(24)20-11-4-5-11)17(26)13-8-14(16(19)25)23(21-13)12-6-2-10(18)3-7-12/h2-3,6-7,11,14H,4-5,8-9H2,1H3,(H2,19,25)(H,20,24)/t14-/m0/s1. The van der Waals surface area contributed by atoms with Crippen LogP contribution in [0.3, 0.4) is 0 Å². The Kier molecular flexibility index (Phi) is 4.88. The molecular formula is C17H20FN5O3. The van der Waals surface area contributed by atoms with Crippen molar-refractivity contribution >= 4 is 29.1 Å². The molecule has 0 bridgehead atoms. The average Bonchev–Trinajstić information content (AvgIpc) is 3.28. The summed E-state index contributed by atoms with van der Waals surface area (Å²) in [4.78, 5) is 37.4. The normalized spacial score (nSPS) is 19.1. The molecule has 3 N–H and O–H groups in total. The van der Waals surface area contributed by atoms with E-state index in [2.05, 4.69) is 10.4 Å². The second-order valence-corrected chi connectivity index (χ2v) is 6.49. The largest absolute Gasteiger partial charge is 0.368 e. The zero-order chi connectivity index (χ0) is 18.8. The Hall–Kier alpha value is -2.97. The number of benzene rings is 1. The fourth-order valence-corrected chi connectivity index (χ4v) is 2.70. The highest BCUT2D eigenvalue weighted by atomic mass is 19.1. The SMILES string of the molecule is CN(CC(=O)NC1CC1)C(=O)C1=NN(c2ccc(F)cc2)[C@H](C(N)=O)C1. The summed E-state index contributed by atoms with van der Waals surface area (Å²) in [5.74, 6) is -1.75. The number of nitrogens with zero attached hydrogens (tertiary/aromatic N) is 3. The van der Waals surface area contributed by atoms with Gasteiger partial charge in [0.15, 0.2) is 0 Å². The summed E-state index contributed by atoms with van der Waals surface area (Å²) in [5.41, 5.74) is 6.00. The molecule has 1 aliphatic carbocycles. The van der Waals surface area contributed by atoms with Crippen LogP contribution in [0.15, 0.2) is 29.4 Å². The first-order valence-corrected chi connectivity index (χ1v) is 8.31. The van der Waals surface area contributed by atoms with Gasteiger partial charge in [-0.2, -0.15) is 5.10 Å².